The van der Waals surface area contributed by atoms with Gasteiger partial charge in [0.15, 0.2) is 0 Å². The topological polar surface area (TPSA) is 49.4 Å². The van der Waals surface area contributed by atoms with E-state index in [0.717, 1.165) is 6.42 Å². The van der Waals surface area contributed by atoms with Crippen LogP contribution >= 0.6 is 0 Å². The van der Waals surface area contributed by atoms with Crippen molar-refractivity contribution in [2.24, 2.45) is 5.92 Å². The van der Waals surface area contributed by atoms with E-state index < -0.39 is 6.04 Å². The van der Waals surface area contributed by atoms with Crippen molar-refractivity contribution in [3.05, 3.63) is 12.7 Å². The van der Waals surface area contributed by atoms with Crippen molar-refractivity contribution >= 4 is 11.8 Å². The fourth-order valence-electron chi connectivity index (χ4n) is 2.44. The summed E-state index contributed by atoms with van der Waals surface area (Å²) < 4.78 is 0. The van der Waals surface area contributed by atoms with Gasteiger partial charge in [0.2, 0.25) is 11.8 Å². The van der Waals surface area contributed by atoms with Crippen LogP contribution in [0.3, 0.4) is 0 Å². The molecule has 4 heteroatoms. The fraction of sp³-hybridized carbons (Fsp3) is 0.714. The highest BCUT2D eigenvalue weighted by Crippen LogP contribution is 2.22. The molecule has 4 nitrogen and oxygen atoms in total. The van der Waals surface area contributed by atoms with Crippen LogP contribution in [-0.2, 0) is 9.59 Å². The number of hydrogen-bond donors (Lipinski definition) is 1. The second-order valence-corrected chi connectivity index (χ2v) is 5.26. The lowest BCUT2D eigenvalue weighted by atomic mass is 9.94. The van der Waals surface area contributed by atoms with E-state index in [1.165, 1.54) is 0 Å². The molecule has 1 heterocycles. The van der Waals surface area contributed by atoms with Gasteiger partial charge in [-0.3, -0.25) is 9.59 Å². The molecular weight excluding hydrogens is 228 g/mol. The van der Waals surface area contributed by atoms with E-state index in [1.807, 2.05) is 27.7 Å². The number of amides is 2. The molecule has 102 valence electrons. The first-order valence-electron chi connectivity index (χ1n) is 6.69. The number of carbonyl (C=O) groups is 2. The van der Waals surface area contributed by atoms with Crippen molar-refractivity contribution in [1.82, 2.24) is 10.2 Å². The van der Waals surface area contributed by atoms with Gasteiger partial charge in [-0.15, -0.1) is 6.58 Å². The number of carbonyl (C=O) groups excluding carboxylic acids is 2. The third kappa shape index (κ3) is 2.74. The maximum Gasteiger partial charge on any atom is 0.246 e. The van der Waals surface area contributed by atoms with Gasteiger partial charge in [0.05, 0.1) is 0 Å². The van der Waals surface area contributed by atoms with Crippen LogP contribution in [0.15, 0.2) is 12.7 Å². The molecule has 1 rings (SSSR count). The molecule has 0 aliphatic carbocycles. The lowest BCUT2D eigenvalue weighted by Crippen LogP contribution is -2.66. The molecule has 0 saturated carbocycles. The van der Waals surface area contributed by atoms with Crippen molar-refractivity contribution in [2.75, 3.05) is 0 Å². The van der Waals surface area contributed by atoms with Gasteiger partial charge < -0.3 is 10.2 Å². The molecule has 1 fully saturated rings. The molecule has 18 heavy (non-hydrogen) atoms. The molecule has 0 aromatic rings. The third-order valence-corrected chi connectivity index (χ3v) is 3.43. The lowest BCUT2D eigenvalue weighted by molar-refractivity contribution is -0.152. The van der Waals surface area contributed by atoms with Crippen LogP contribution in [0.25, 0.3) is 0 Å². The lowest BCUT2D eigenvalue weighted by Gasteiger charge is -2.43. The maximum absolute atomic E-state index is 12.4. The first-order valence-corrected chi connectivity index (χ1v) is 6.69. The Hall–Kier alpha value is -1.32. The quantitative estimate of drug-likeness (QED) is 0.757. The number of hydrogen-bond acceptors (Lipinski definition) is 2. The molecule has 3 atom stereocenters. The molecule has 0 radical (unpaired) electrons. The molecule has 0 bridgehead atoms. The minimum Gasteiger partial charge on any atom is -0.342 e. The van der Waals surface area contributed by atoms with Crippen LogP contribution in [0.1, 0.15) is 40.5 Å². The molecule has 1 N–H and O–H groups in total. The Balaban J connectivity index is 3.04. The summed E-state index contributed by atoms with van der Waals surface area (Å²) in [5, 5.41) is 2.84. The Bertz CT molecular complexity index is 339. The van der Waals surface area contributed by atoms with Crippen LogP contribution in [0.4, 0.5) is 0 Å². The van der Waals surface area contributed by atoms with E-state index in [0.29, 0.717) is 6.42 Å². The average Bonchev–Trinajstić information content (AvgIpc) is 2.31. The van der Waals surface area contributed by atoms with Crippen molar-refractivity contribution in [3.8, 4) is 0 Å². The highest BCUT2D eigenvalue weighted by atomic mass is 16.2. The number of nitrogens with one attached hydrogen (secondary N) is 1. The van der Waals surface area contributed by atoms with E-state index in [1.54, 1.807) is 11.0 Å². The van der Waals surface area contributed by atoms with Crippen LogP contribution in [0.2, 0.25) is 0 Å². The fourth-order valence-corrected chi connectivity index (χ4v) is 2.44. The van der Waals surface area contributed by atoms with Gasteiger partial charge in [-0.2, -0.15) is 0 Å². The Morgan fingerprint density at radius 2 is 2.00 bits per heavy atom. The Kier molecular flexibility index (Phi) is 4.93. The SMILES string of the molecule is C=CC(C)N1C(=O)C(CCC)NC(=O)C1C(C)C. The van der Waals surface area contributed by atoms with Crippen LogP contribution in [-0.4, -0.2) is 34.8 Å². The van der Waals surface area contributed by atoms with Crippen LogP contribution in [0, 0.1) is 5.92 Å². The minimum atomic E-state index is -0.390. The zero-order valence-electron chi connectivity index (χ0n) is 11.8. The van der Waals surface area contributed by atoms with Crippen molar-refractivity contribution < 1.29 is 9.59 Å². The van der Waals surface area contributed by atoms with Crippen molar-refractivity contribution in [2.45, 2.75) is 58.7 Å². The van der Waals surface area contributed by atoms with E-state index >= 15 is 0 Å². The summed E-state index contributed by atoms with van der Waals surface area (Å²) in [5.74, 6) is 0.0678. The van der Waals surface area contributed by atoms with Gasteiger partial charge in [-0.05, 0) is 19.3 Å². The Labute approximate surface area is 109 Å². The second kappa shape index (κ2) is 6.03. The summed E-state index contributed by atoms with van der Waals surface area (Å²) in [7, 11) is 0. The molecule has 3 unspecified atom stereocenters. The zero-order valence-corrected chi connectivity index (χ0v) is 11.8. The summed E-state index contributed by atoms with van der Waals surface area (Å²) in [4.78, 5) is 26.3. The van der Waals surface area contributed by atoms with Crippen molar-refractivity contribution in [1.29, 1.82) is 0 Å². The van der Waals surface area contributed by atoms with E-state index in [4.69, 9.17) is 0 Å². The molecule has 1 saturated heterocycles. The maximum atomic E-state index is 12.4. The van der Waals surface area contributed by atoms with Gasteiger partial charge in [0, 0.05) is 6.04 Å². The first kappa shape index (κ1) is 14.7. The summed E-state index contributed by atoms with van der Waals surface area (Å²) in [5.41, 5.74) is 0. The third-order valence-electron chi connectivity index (χ3n) is 3.43. The molecule has 1 aliphatic rings. The molecule has 0 aromatic carbocycles. The molecule has 0 aromatic heterocycles. The van der Waals surface area contributed by atoms with Gasteiger partial charge >= 0.3 is 0 Å². The van der Waals surface area contributed by atoms with E-state index in [2.05, 4.69) is 11.9 Å². The highest BCUT2D eigenvalue weighted by Gasteiger charge is 2.42. The predicted molar refractivity (Wildman–Crippen MR) is 72.0 cm³/mol. The Morgan fingerprint density at radius 3 is 2.44 bits per heavy atom. The summed E-state index contributed by atoms with van der Waals surface area (Å²) in [6, 6.07) is -0.881. The monoisotopic (exact) mass is 252 g/mol. The molecular formula is C14H24N2O2. The number of nitrogens with zero attached hydrogens (tertiary/aromatic N) is 1. The van der Waals surface area contributed by atoms with Gasteiger partial charge in [0.25, 0.3) is 0 Å². The van der Waals surface area contributed by atoms with Gasteiger partial charge in [-0.25, -0.2) is 0 Å². The van der Waals surface area contributed by atoms with Gasteiger partial charge in [0.1, 0.15) is 12.1 Å². The predicted octanol–water partition coefficient (Wildman–Crippen LogP) is 1.71. The van der Waals surface area contributed by atoms with E-state index in [-0.39, 0.29) is 29.8 Å². The second-order valence-electron chi connectivity index (χ2n) is 5.26. The normalized spacial score (nSPS) is 26.2. The smallest absolute Gasteiger partial charge is 0.246 e. The molecule has 1 aliphatic heterocycles. The molecule has 0 spiro atoms. The summed E-state index contributed by atoms with van der Waals surface area (Å²) >= 11 is 0. The van der Waals surface area contributed by atoms with Crippen LogP contribution < -0.4 is 5.32 Å². The zero-order chi connectivity index (χ0) is 13.9. The Morgan fingerprint density at radius 1 is 1.39 bits per heavy atom. The van der Waals surface area contributed by atoms with Crippen molar-refractivity contribution in [3.63, 3.8) is 0 Å². The highest BCUT2D eigenvalue weighted by molar-refractivity contribution is 5.97. The standard InChI is InChI=1S/C14H24N2O2/c1-6-8-11-14(18)16(10(5)7-2)12(9(3)4)13(17)15-11/h7,9-12H,2,6,8H2,1,3-5H3,(H,15,17). The number of piperazine rings is 1. The molecule has 2 amide bonds. The first-order chi connectivity index (χ1) is 8.43. The minimum absolute atomic E-state index is 0.0163. The number of rotatable bonds is 5. The van der Waals surface area contributed by atoms with Crippen LogP contribution in [0.5, 0.6) is 0 Å². The summed E-state index contributed by atoms with van der Waals surface area (Å²) in [6.45, 7) is 11.6. The summed E-state index contributed by atoms with van der Waals surface area (Å²) in [6.07, 6.45) is 3.28. The average molecular weight is 252 g/mol. The largest absolute Gasteiger partial charge is 0.342 e. The van der Waals surface area contributed by atoms with E-state index in [9.17, 15) is 9.59 Å². The van der Waals surface area contributed by atoms with Gasteiger partial charge in [-0.1, -0.05) is 33.3 Å².